The number of carbonyl (C=O) groups excluding carboxylic acids is 1. The van der Waals surface area contributed by atoms with Gasteiger partial charge in [-0.3, -0.25) is 9.59 Å². The quantitative estimate of drug-likeness (QED) is 0.413. The van der Waals surface area contributed by atoms with Gasteiger partial charge < -0.3 is 18.8 Å². The van der Waals surface area contributed by atoms with Crippen molar-refractivity contribution in [2.24, 2.45) is 0 Å². The Labute approximate surface area is 197 Å². The second-order valence-corrected chi connectivity index (χ2v) is 8.45. The molecule has 1 aromatic heterocycles. The van der Waals surface area contributed by atoms with Crippen molar-refractivity contribution in [3.05, 3.63) is 105 Å². The molecule has 0 fully saturated rings. The molecule has 0 aliphatic carbocycles. The van der Waals surface area contributed by atoms with Gasteiger partial charge >= 0.3 is 0 Å². The van der Waals surface area contributed by atoms with Crippen LogP contribution >= 0.6 is 0 Å². The number of ether oxygens (including phenoxy) is 2. The van der Waals surface area contributed by atoms with Gasteiger partial charge in [0.2, 0.25) is 5.76 Å². The first kappa shape index (κ1) is 21.8. The Morgan fingerprint density at radius 1 is 0.882 bits per heavy atom. The summed E-state index contributed by atoms with van der Waals surface area (Å²) in [7, 11) is 3.23. The molecule has 1 aliphatic rings. The van der Waals surface area contributed by atoms with E-state index in [1.165, 1.54) is 0 Å². The van der Waals surface area contributed by atoms with Crippen LogP contribution in [0.25, 0.3) is 11.0 Å². The highest BCUT2D eigenvalue weighted by Gasteiger charge is 2.42. The fourth-order valence-electron chi connectivity index (χ4n) is 4.54. The van der Waals surface area contributed by atoms with Crippen molar-refractivity contribution in [1.82, 2.24) is 4.90 Å². The molecule has 2 heterocycles. The fourth-order valence-corrected chi connectivity index (χ4v) is 4.54. The van der Waals surface area contributed by atoms with Crippen LogP contribution in [0.4, 0.5) is 0 Å². The van der Waals surface area contributed by atoms with E-state index in [1.807, 2.05) is 67.6 Å². The lowest BCUT2D eigenvalue weighted by atomic mass is 9.98. The zero-order chi connectivity index (χ0) is 23.8. The number of aryl methyl sites for hydroxylation is 1. The zero-order valence-corrected chi connectivity index (χ0v) is 19.3. The number of nitrogens with zero attached hydrogens (tertiary/aromatic N) is 1. The van der Waals surface area contributed by atoms with Crippen molar-refractivity contribution < 1.29 is 18.7 Å². The van der Waals surface area contributed by atoms with Crippen molar-refractivity contribution >= 4 is 16.9 Å². The second kappa shape index (κ2) is 8.71. The number of fused-ring (bicyclic) bond motifs is 2. The Morgan fingerprint density at radius 2 is 1.53 bits per heavy atom. The largest absolute Gasteiger partial charge is 0.497 e. The van der Waals surface area contributed by atoms with E-state index < -0.39 is 6.04 Å². The average molecular weight is 456 g/mol. The smallest absolute Gasteiger partial charge is 0.290 e. The van der Waals surface area contributed by atoms with E-state index >= 15 is 0 Å². The number of amides is 1. The van der Waals surface area contributed by atoms with Crippen molar-refractivity contribution in [3.63, 3.8) is 0 Å². The number of hydrogen-bond donors (Lipinski definition) is 0. The van der Waals surface area contributed by atoms with Crippen LogP contribution < -0.4 is 14.9 Å². The van der Waals surface area contributed by atoms with E-state index in [9.17, 15) is 9.59 Å². The molecule has 0 saturated carbocycles. The Bertz CT molecular complexity index is 1420. The van der Waals surface area contributed by atoms with Crippen LogP contribution in [0, 0.1) is 6.92 Å². The normalized spacial score (nSPS) is 15.0. The van der Waals surface area contributed by atoms with E-state index in [2.05, 4.69) is 0 Å². The molecule has 0 radical (unpaired) electrons. The van der Waals surface area contributed by atoms with Gasteiger partial charge in [0.1, 0.15) is 17.1 Å². The van der Waals surface area contributed by atoms with Gasteiger partial charge in [0.05, 0.1) is 31.2 Å². The minimum atomic E-state index is -0.534. The second-order valence-electron chi connectivity index (χ2n) is 8.45. The first-order valence-corrected chi connectivity index (χ1v) is 11.2. The molecule has 5 rings (SSSR count). The Kier molecular flexibility index (Phi) is 5.57. The highest BCUT2D eigenvalue weighted by atomic mass is 16.5. The number of carbonyl (C=O) groups is 1. The summed E-state index contributed by atoms with van der Waals surface area (Å²) in [6.07, 6.45) is 0.628. The molecule has 1 amide bonds. The molecular formula is C28H25NO5. The zero-order valence-electron chi connectivity index (χ0n) is 19.3. The summed E-state index contributed by atoms with van der Waals surface area (Å²) in [5.74, 6) is 1.33. The van der Waals surface area contributed by atoms with E-state index in [-0.39, 0.29) is 17.1 Å². The lowest BCUT2D eigenvalue weighted by Crippen LogP contribution is -2.31. The standard InChI is InChI=1S/C28H25NO5/c1-17-4-13-23-22(16-17)26(30)24-25(19-7-11-21(33-3)12-8-19)29(28(31)27(24)34-23)15-14-18-5-9-20(32-2)10-6-18/h4-13,16,25H,14-15H2,1-3H3/t25-/m1/s1. The predicted molar refractivity (Wildman–Crippen MR) is 130 cm³/mol. The number of hydrogen-bond acceptors (Lipinski definition) is 5. The maximum absolute atomic E-state index is 13.6. The van der Waals surface area contributed by atoms with Crippen LogP contribution in [0.1, 0.15) is 38.9 Å². The molecule has 172 valence electrons. The molecule has 6 heteroatoms. The highest BCUT2D eigenvalue weighted by Crippen LogP contribution is 2.38. The molecule has 1 atom stereocenters. The molecule has 1 aliphatic heterocycles. The molecule has 0 saturated heterocycles. The van der Waals surface area contributed by atoms with Crippen LogP contribution in [0.2, 0.25) is 0 Å². The third kappa shape index (κ3) is 3.71. The van der Waals surface area contributed by atoms with Gasteiger partial charge in [0.15, 0.2) is 5.43 Å². The maximum Gasteiger partial charge on any atom is 0.290 e. The van der Waals surface area contributed by atoms with Crippen LogP contribution in [-0.2, 0) is 6.42 Å². The van der Waals surface area contributed by atoms with Gasteiger partial charge in [-0.2, -0.15) is 0 Å². The number of methoxy groups -OCH3 is 2. The maximum atomic E-state index is 13.6. The van der Waals surface area contributed by atoms with Crippen LogP contribution in [-0.4, -0.2) is 31.6 Å². The summed E-state index contributed by atoms with van der Waals surface area (Å²) in [5.41, 5.74) is 3.51. The van der Waals surface area contributed by atoms with Gasteiger partial charge in [0, 0.05) is 6.54 Å². The molecule has 0 N–H and O–H groups in total. The summed E-state index contributed by atoms with van der Waals surface area (Å²) in [5, 5.41) is 0.488. The molecule has 0 bridgehead atoms. The van der Waals surface area contributed by atoms with Gasteiger partial charge in [-0.05, 0) is 60.9 Å². The van der Waals surface area contributed by atoms with Crippen molar-refractivity contribution in [2.45, 2.75) is 19.4 Å². The van der Waals surface area contributed by atoms with E-state index in [4.69, 9.17) is 13.9 Å². The molecule has 0 unspecified atom stereocenters. The third-order valence-electron chi connectivity index (χ3n) is 6.35. The summed E-state index contributed by atoms with van der Waals surface area (Å²) in [4.78, 5) is 28.9. The molecular weight excluding hydrogens is 430 g/mol. The number of rotatable bonds is 6. The number of benzene rings is 3. The van der Waals surface area contributed by atoms with Gasteiger partial charge in [0.25, 0.3) is 5.91 Å². The molecule has 4 aromatic rings. The van der Waals surface area contributed by atoms with Gasteiger partial charge in [-0.25, -0.2) is 0 Å². The lowest BCUT2D eigenvalue weighted by Gasteiger charge is -2.25. The Balaban J connectivity index is 1.59. The van der Waals surface area contributed by atoms with Crippen molar-refractivity contribution in [3.8, 4) is 11.5 Å². The first-order valence-electron chi connectivity index (χ1n) is 11.2. The monoisotopic (exact) mass is 455 g/mol. The molecule has 34 heavy (non-hydrogen) atoms. The SMILES string of the molecule is COc1ccc(CCN2C(=O)c3oc4ccc(C)cc4c(=O)c3[C@H]2c2ccc(OC)cc2)cc1. The molecule has 3 aromatic carbocycles. The topological polar surface area (TPSA) is 69.0 Å². The Hall–Kier alpha value is -4.06. The van der Waals surface area contributed by atoms with E-state index in [0.717, 1.165) is 22.4 Å². The predicted octanol–water partition coefficient (Wildman–Crippen LogP) is 4.91. The minimum Gasteiger partial charge on any atom is -0.497 e. The van der Waals surface area contributed by atoms with Crippen LogP contribution in [0.15, 0.2) is 75.9 Å². The summed E-state index contributed by atoms with van der Waals surface area (Å²) < 4.78 is 16.6. The highest BCUT2D eigenvalue weighted by molar-refractivity contribution is 5.99. The average Bonchev–Trinajstić information content (AvgIpc) is 3.15. The molecule has 0 spiro atoms. The minimum absolute atomic E-state index is 0.122. The third-order valence-corrected chi connectivity index (χ3v) is 6.35. The van der Waals surface area contributed by atoms with Crippen LogP contribution in [0.3, 0.4) is 0 Å². The van der Waals surface area contributed by atoms with Crippen molar-refractivity contribution in [1.29, 1.82) is 0 Å². The van der Waals surface area contributed by atoms with E-state index in [1.54, 1.807) is 25.2 Å². The van der Waals surface area contributed by atoms with Gasteiger partial charge in [-0.1, -0.05) is 35.9 Å². The van der Waals surface area contributed by atoms with Crippen molar-refractivity contribution in [2.75, 3.05) is 20.8 Å². The summed E-state index contributed by atoms with van der Waals surface area (Å²) in [6, 6.07) is 20.1. The lowest BCUT2D eigenvalue weighted by molar-refractivity contribution is 0.0730. The molecule has 6 nitrogen and oxygen atoms in total. The fraction of sp³-hybridized carbons (Fsp3) is 0.214. The van der Waals surface area contributed by atoms with Gasteiger partial charge in [-0.15, -0.1) is 0 Å². The first-order chi connectivity index (χ1) is 16.5. The summed E-state index contributed by atoms with van der Waals surface area (Å²) in [6.45, 7) is 2.36. The Morgan fingerprint density at radius 3 is 2.18 bits per heavy atom. The van der Waals surface area contributed by atoms with Crippen LogP contribution in [0.5, 0.6) is 11.5 Å². The summed E-state index contributed by atoms with van der Waals surface area (Å²) >= 11 is 0. The van der Waals surface area contributed by atoms with E-state index in [0.29, 0.717) is 35.2 Å².